The van der Waals surface area contributed by atoms with Crippen molar-refractivity contribution in [2.75, 3.05) is 6.54 Å². The maximum absolute atomic E-state index is 8.99. The molecule has 0 radical (unpaired) electrons. The van der Waals surface area contributed by atoms with Gasteiger partial charge in [0, 0.05) is 17.2 Å². The Hall–Kier alpha value is -0.810. The Morgan fingerprint density at radius 2 is 1.28 bits per heavy atom. The SMILES string of the molecule is CCCCCCCCCCCCN1C(C)(C)CC(=CC#N)CC1(C)C. The molecule has 144 valence electrons. The zero-order valence-corrected chi connectivity index (χ0v) is 17.7. The lowest BCUT2D eigenvalue weighted by molar-refractivity contribution is -0.00703. The van der Waals surface area contributed by atoms with Gasteiger partial charge >= 0.3 is 0 Å². The number of rotatable bonds is 11. The summed E-state index contributed by atoms with van der Waals surface area (Å²) < 4.78 is 0. The fourth-order valence-corrected chi connectivity index (χ4v) is 4.74. The third-order valence-corrected chi connectivity index (χ3v) is 5.78. The Kier molecular flexibility index (Phi) is 9.80. The molecule has 0 atom stereocenters. The van der Waals surface area contributed by atoms with Crippen molar-refractivity contribution >= 4 is 0 Å². The first-order valence-corrected chi connectivity index (χ1v) is 10.7. The van der Waals surface area contributed by atoms with E-state index in [-0.39, 0.29) is 11.1 Å². The Balaban J connectivity index is 2.27. The zero-order valence-electron chi connectivity index (χ0n) is 17.7. The van der Waals surface area contributed by atoms with Gasteiger partial charge in [-0.25, -0.2) is 0 Å². The van der Waals surface area contributed by atoms with E-state index in [9.17, 15) is 0 Å². The van der Waals surface area contributed by atoms with E-state index in [2.05, 4.69) is 45.6 Å². The van der Waals surface area contributed by atoms with Crippen LogP contribution in [-0.2, 0) is 0 Å². The molecule has 0 aliphatic carbocycles. The second-order valence-electron chi connectivity index (χ2n) is 9.24. The van der Waals surface area contributed by atoms with Gasteiger partial charge < -0.3 is 0 Å². The van der Waals surface area contributed by atoms with Crippen LogP contribution in [0.15, 0.2) is 11.6 Å². The highest BCUT2D eigenvalue weighted by atomic mass is 15.3. The predicted octanol–water partition coefficient (Wildman–Crippen LogP) is 7.01. The molecule has 1 aliphatic rings. The molecule has 1 saturated heterocycles. The molecule has 1 fully saturated rings. The van der Waals surface area contributed by atoms with Crippen LogP contribution < -0.4 is 0 Å². The van der Waals surface area contributed by atoms with Crippen LogP contribution in [0.4, 0.5) is 0 Å². The van der Waals surface area contributed by atoms with E-state index in [4.69, 9.17) is 5.26 Å². The number of hydrogen-bond donors (Lipinski definition) is 0. The lowest BCUT2D eigenvalue weighted by Crippen LogP contribution is -2.59. The number of piperidine rings is 1. The smallest absolute Gasteiger partial charge is 0.0911 e. The minimum absolute atomic E-state index is 0.156. The van der Waals surface area contributed by atoms with Crippen LogP contribution in [0.25, 0.3) is 0 Å². The van der Waals surface area contributed by atoms with Gasteiger partial charge in [-0.1, -0.05) is 70.3 Å². The summed E-state index contributed by atoms with van der Waals surface area (Å²) >= 11 is 0. The number of nitrogens with zero attached hydrogens (tertiary/aromatic N) is 2. The lowest BCUT2D eigenvalue weighted by atomic mass is 9.76. The van der Waals surface area contributed by atoms with Crippen molar-refractivity contribution in [3.63, 3.8) is 0 Å². The van der Waals surface area contributed by atoms with Crippen LogP contribution in [0.2, 0.25) is 0 Å². The summed E-state index contributed by atoms with van der Waals surface area (Å²) in [6.45, 7) is 12.8. The standard InChI is InChI=1S/C23H42N2/c1-6-7-8-9-10-11-12-13-14-15-18-25-22(2,3)19-21(16-17-24)20-23(25,4)5/h16H,6-15,18-20H2,1-5H3. The van der Waals surface area contributed by atoms with E-state index in [0.29, 0.717) is 0 Å². The molecule has 0 amide bonds. The minimum Gasteiger partial charge on any atom is -0.292 e. The topological polar surface area (TPSA) is 27.0 Å². The van der Waals surface area contributed by atoms with Gasteiger partial charge in [0.05, 0.1) is 6.07 Å². The Labute approximate surface area is 157 Å². The largest absolute Gasteiger partial charge is 0.292 e. The molecule has 25 heavy (non-hydrogen) atoms. The number of unbranched alkanes of at least 4 members (excludes halogenated alkanes) is 9. The van der Waals surface area contributed by atoms with Gasteiger partial charge in [0.15, 0.2) is 0 Å². The summed E-state index contributed by atoms with van der Waals surface area (Å²) in [7, 11) is 0. The van der Waals surface area contributed by atoms with Gasteiger partial charge in [0.2, 0.25) is 0 Å². The molecule has 1 aliphatic heterocycles. The van der Waals surface area contributed by atoms with E-state index in [1.165, 1.54) is 76.3 Å². The number of nitriles is 1. The summed E-state index contributed by atoms with van der Waals surface area (Å²) in [5.41, 5.74) is 1.63. The molecule has 0 aromatic heterocycles. The van der Waals surface area contributed by atoms with Gasteiger partial charge in [-0.05, 0) is 53.5 Å². The minimum atomic E-state index is 0.156. The molecule has 0 N–H and O–H groups in total. The van der Waals surface area contributed by atoms with E-state index >= 15 is 0 Å². The van der Waals surface area contributed by atoms with Gasteiger partial charge in [-0.3, -0.25) is 4.90 Å². The average molecular weight is 347 g/mol. The van der Waals surface area contributed by atoms with E-state index in [1.54, 1.807) is 6.08 Å². The molecule has 0 saturated carbocycles. The first-order valence-electron chi connectivity index (χ1n) is 10.7. The highest BCUT2D eigenvalue weighted by Crippen LogP contribution is 2.41. The highest BCUT2D eigenvalue weighted by molar-refractivity contribution is 5.22. The normalized spacial score (nSPS) is 19.6. The predicted molar refractivity (Wildman–Crippen MR) is 110 cm³/mol. The van der Waals surface area contributed by atoms with E-state index < -0.39 is 0 Å². The Morgan fingerprint density at radius 1 is 0.840 bits per heavy atom. The molecule has 0 aromatic carbocycles. The van der Waals surface area contributed by atoms with Crippen LogP contribution in [0.1, 0.15) is 112 Å². The fourth-order valence-electron chi connectivity index (χ4n) is 4.74. The summed E-state index contributed by atoms with van der Waals surface area (Å²) in [6.07, 6.45) is 17.8. The summed E-state index contributed by atoms with van der Waals surface area (Å²) in [4.78, 5) is 2.69. The van der Waals surface area contributed by atoms with Crippen molar-refractivity contribution in [2.45, 2.75) is 123 Å². The van der Waals surface area contributed by atoms with Crippen molar-refractivity contribution in [3.05, 3.63) is 11.6 Å². The first-order chi connectivity index (χ1) is 11.8. The van der Waals surface area contributed by atoms with Crippen LogP contribution in [0, 0.1) is 11.3 Å². The summed E-state index contributed by atoms with van der Waals surface area (Å²) in [5.74, 6) is 0. The second-order valence-corrected chi connectivity index (χ2v) is 9.24. The average Bonchev–Trinajstić information content (AvgIpc) is 2.50. The molecule has 2 nitrogen and oxygen atoms in total. The Bertz CT molecular complexity index is 419. The molecular weight excluding hydrogens is 304 g/mol. The highest BCUT2D eigenvalue weighted by Gasteiger charge is 2.42. The van der Waals surface area contributed by atoms with Crippen molar-refractivity contribution in [1.29, 1.82) is 5.26 Å². The van der Waals surface area contributed by atoms with Crippen LogP contribution >= 0.6 is 0 Å². The van der Waals surface area contributed by atoms with Crippen LogP contribution in [-0.4, -0.2) is 22.5 Å². The van der Waals surface area contributed by atoms with Crippen LogP contribution in [0.5, 0.6) is 0 Å². The third-order valence-electron chi connectivity index (χ3n) is 5.78. The number of allylic oxidation sites excluding steroid dienone is 1. The molecule has 1 heterocycles. The molecule has 0 spiro atoms. The third kappa shape index (κ3) is 7.95. The van der Waals surface area contributed by atoms with Gasteiger partial charge in [-0.2, -0.15) is 5.26 Å². The molecule has 0 aromatic rings. The Morgan fingerprint density at radius 3 is 1.72 bits per heavy atom. The lowest BCUT2D eigenvalue weighted by Gasteiger charge is -2.53. The quantitative estimate of drug-likeness (QED) is 0.297. The number of likely N-dealkylation sites (tertiary alicyclic amines) is 1. The monoisotopic (exact) mass is 346 g/mol. The molecule has 0 bridgehead atoms. The molecule has 2 heteroatoms. The summed E-state index contributed by atoms with van der Waals surface area (Å²) in [5, 5.41) is 8.99. The van der Waals surface area contributed by atoms with E-state index in [0.717, 1.165) is 12.8 Å². The van der Waals surface area contributed by atoms with Crippen molar-refractivity contribution in [3.8, 4) is 6.07 Å². The molecule has 0 unspecified atom stereocenters. The number of hydrogen-bond acceptors (Lipinski definition) is 2. The van der Waals surface area contributed by atoms with Gasteiger partial charge in [0.1, 0.15) is 0 Å². The van der Waals surface area contributed by atoms with Crippen molar-refractivity contribution < 1.29 is 0 Å². The van der Waals surface area contributed by atoms with Gasteiger partial charge in [0.25, 0.3) is 0 Å². The van der Waals surface area contributed by atoms with Crippen molar-refractivity contribution in [1.82, 2.24) is 4.90 Å². The maximum atomic E-state index is 8.99. The molecular formula is C23H42N2. The summed E-state index contributed by atoms with van der Waals surface area (Å²) in [6, 6.07) is 2.23. The van der Waals surface area contributed by atoms with Crippen LogP contribution in [0.3, 0.4) is 0 Å². The zero-order chi connectivity index (χ0) is 18.8. The maximum Gasteiger partial charge on any atom is 0.0911 e. The second kappa shape index (κ2) is 11.0. The van der Waals surface area contributed by atoms with Crippen molar-refractivity contribution in [2.24, 2.45) is 0 Å². The van der Waals surface area contributed by atoms with Gasteiger partial charge in [-0.15, -0.1) is 0 Å². The van der Waals surface area contributed by atoms with E-state index in [1.807, 2.05) is 0 Å². The first kappa shape index (κ1) is 22.2. The fraction of sp³-hybridized carbons (Fsp3) is 0.870. The molecule has 1 rings (SSSR count).